The zero-order valence-electron chi connectivity index (χ0n) is 15.6. The largest absolute Gasteiger partial charge is 0.493 e. The molecule has 1 heterocycles. The number of nitrogens with one attached hydrogen (secondary N) is 2. The van der Waals surface area contributed by atoms with E-state index in [9.17, 15) is 18.0 Å². The van der Waals surface area contributed by atoms with E-state index in [-0.39, 0.29) is 35.3 Å². The first-order chi connectivity index (χ1) is 13.7. The van der Waals surface area contributed by atoms with Crippen molar-refractivity contribution in [2.45, 2.75) is 11.4 Å². The number of halogens is 1. The summed E-state index contributed by atoms with van der Waals surface area (Å²) in [6.07, 6.45) is 0. The molecule has 0 radical (unpaired) electrons. The molecule has 2 N–H and O–H groups in total. The molecule has 1 aliphatic heterocycles. The van der Waals surface area contributed by atoms with Gasteiger partial charge < -0.3 is 14.8 Å². The van der Waals surface area contributed by atoms with Crippen LogP contribution >= 0.6 is 15.9 Å². The van der Waals surface area contributed by atoms with Crippen LogP contribution in [-0.4, -0.2) is 46.0 Å². The van der Waals surface area contributed by atoms with Gasteiger partial charge in [0.05, 0.1) is 27.3 Å². The van der Waals surface area contributed by atoms with Crippen LogP contribution in [0.5, 0.6) is 11.5 Å². The number of ether oxygens (including phenoxy) is 2. The van der Waals surface area contributed by atoms with Crippen LogP contribution in [-0.2, 0) is 21.4 Å². The van der Waals surface area contributed by atoms with E-state index < -0.39 is 16.1 Å². The normalized spacial score (nSPS) is 14.0. The number of anilines is 1. The van der Waals surface area contributed by atoms with Crippen LogP contribution in [0.4, 0.5) is 10.5 Å². The van der Waals surface area contributed by atoms with Gasteiger partial charge >= 0.3 is 6.03 Å². The summed E-state index contributed by atoms with van der Waals surface area (Å²) in [5, 5.41) is 2.44. The quantitative estimate of drug-likeness (QED) is 0.584. The van der Waals surface area contributed by atoms with Crippen molar-refractivity contribution in [3.63, 3.8) is 0 Å². The van der Waals surface area contributed by atoms with E-state index in [1.807, 2.05) is 0 Å². The number of benzene rings is 2. The number of methoxy groups -OCH3 is 2. The third-order valence-electron chi connectivity index (χ3n) is 4.18. The molecular weight excluding hydrogens is 466 g/mol. The van der Waals surface area contributed by atoms with Gasteiger partial charge in [0.15, 0.2) is 11.5 Å². The van der Waals surface area contributed by atoms with Crippen molar-refractivity contribution >= 4 is 43.6 Å². The molecule has 1 saturated heterocycles. The van der Waals surface area contributed by atoms with E-state index >= 15 is 0 Å². The predicted octanol–water partition coefficient (Wildman–Crippen LogP) is 2.32. The molecule has 0 bridgehead atoms. The second-order valence-corrected chi connectivity index (χ2v) is 8.59. The molecule has 2 aromatic rings. The average Bonchev–Trinajstić information content (AvgIpc) is 2.99. The van der Waals surface area contributed by atoms with E-state index in [0.29, 0.717) is 15.8 Å². The molecule has 2 aromatic carbocycles. The zero-order valence-corrected chi connectivity index (χ0v) is 18.0. The number of rotatable bonds is 7. The third kappa shape index (κ3) is 4.46. The first-order valence-electron chi connectivity index (χ1n) is 8.36. The fourth-order valence-corrected chi connectivity index (χ4v) is 4.87. The predicted molar refractivity (Wildman–Crippen MR) is 108 cm³/mol. The number of sulfonamides is 1. The summed E-state index contributed by atoms with van der Waals surface area (Å²) in [5.41, 5.74) is 0.887. The average molecular weight is 484 g/mol. The van der Waals surface area contributed by atoms with Crippen molar-refractivity contribution < 1.29 is 27.5 Å². The summed E-state index contributed by atoms with van der Waals surface area (Å²) < 4.78 is 38.9. The smallest absolute Gasteiger partial charge is 0.324 e. The van der Waals surface area contributed by atoms with Crippen LogP contribution < -0.4 is 19.5 Å². The number of urea groups is 1. The van der Waals surface area contributed by atoms with Crippen molar-refractivity contribution in [1.29, 1.82) is 0 Å². The summed E-state index contributed by atoms with van der Waals surface area (Å²) in [4.78, 5) is 24.5. The minimum Gasteiger partial charge on any atom is -0.493 e. The Bertz CT molecular complexity index is 1060. The fraction of sp³-hybridized carbons (Fsp3) is 0.222. The molecular formula is C18H18BrN3O6S. The van der Waals surface area contributed by atoms with Gasteiger partial charge in [-0.05, 0) is 39.7 Å². The van der Waals surface area contributed by atoms with Crippen molar-refractivity contribution in [2.75, 3.05) is 25.5 Å². The maximum absolute atomic E-state index is 12.9. The van der Waals surface area contributed by atoms with E-state index in [4.69, 9.17) is 9.47 Å². The SMILES string of the molecule is COc1cc(Br)c(S(=O)(=O)Nc2cccc(CN3C(=O)CNC3=O)c2)cc1OC. The number of hydrogen-bond donors (Lipinski definition) is 2. The van der Waals surface area contributed by atoms with E-state index in [1.165, 1.54) is 26.4 Å². The van der Waals surface area contributed by atoms with Gasteiger partial charge in [0, 0.05) is 16.2 Å². The van der Waals surface area contributed by atoms with Gasteiger partial charge in [0.1, 0.15) is 4.90 Å². The van der Waals surface area contributed by atoms with Crippen molar-refractivity contribution in [2.24, 2.45) is 0 Å². The molecule has 0 unspecified atom stereocenters. The van der Waals surface area contributed by atoms with Crippen molar-refractivity contribution in [1.82, 2.24) is 10.2 Å². The number of amides is 3. The Morgan fingerprint density at radius 1 is 1.14 bits per heavy atom. The molecule has 1 aliphatic rings. The van der Waals surface area contributed by atoms with Gasteiger partial charge in [-0.25, -0.2) is 13.2 Å². The van der Waals surface area contributed by atoms with Crippen LogP contribution in [0.2, 0.25) is 0 Å². The van der Waals surface area contributed by atoms with Gasteiger partial charge in [-0.3, -0.25) is 14.4 Å². The zero-order chi connectivity index (χ0) is 21.2. The highest BCUT2D eigenvalue weighted by Crippen LogP contribution is 2.36. The summed E-state index contributed by atoms with van der Waals surface area (Å²) in [7, 11) is -1.10. The van der Waals surface area contributed by atoms with Crippen LogP contribution in [0.3, 0.4) is 0 Å². The Morgan fingerprint density at radius 2 is 1.83 bits per heavy atom. The molecule has 0 aromatic heterocycles. The number of nitrogens with zero attached hydrogens (tertiary/aromatic N) is 1. The van der Waals surface area contributed by atoms with Gasteiger partial charge in [-0.15, -0.1) is 0 Å². The Hall–Kier alpha value is -2.79. The summed E-state index contributed by atoms with van der Waals surface area (Å²) in [5.74, 6) is 0.313. The number of carbonyl (C=O) groups is 2. The van der Waals surface area contributed by atoms with Crippen LogP contribution in [0.15, 0.2) is 45.8 Å². The maximum Gasteiger partial charge on any atom is 0.324 e. The molecule has 0 saturated carbocycles. The molecule has 3 rings (SSSR count). The Morgan fingerprint density at radius 3 is 2.45 bits per heavy atom. The molecule has 1 fully saturated rings. The summed E-state index contributed by atoms with van der Waals surface area (Å²) in [6, 6.07) is 8.84. The molecule has 0 atom stereocenters. The monoisotopic (exact) mass is 483 g/mol. The minimum atomic E-state index is -3.96. The number of carbonyl (C=O) groups excluding carboxylic acids is 2. The lowest BCUT2D eigenvalue weighted by Crippen LogP contribution is -2.30. The summed E-state index contributed by atoms with van der Waals surface area (Å²) in [6.45, 7) is -0.00122. The van der Waals surface area contributed by atoms with Crippen LogP contribution in [0, 0.1) is 0 Å². The molecule has 0 spiro atoms. The Kier molecular flexibility index (Phi) is 5.99. The highest BCUT2D eigenvalue weighted by Gasteiger charge is 2.28. The number of hydrogen-bond acceptors (Lipinski definition) is 6. The van der Waals surface area contributed by atoms with E-state index in [1.54, 1.807) is 24.3 Å². The second-order valence-electron chi connectivity index (χ2n) is 6.08. The van der Waals surface area contributed by atoms with E-state index in [0.717, 1.165) is 4.90 Å². The molecule has 154 valence electrons. The lowest BCUT2D eigenvalue weighted by molar-refractivity contribution is -0.125. The van der Waals surface area contributed by atoms with Crippen LogP contribution in [0.1, 0.15) is 5.56 Å². The van der Waals surface area contributed by atoms with Gasteiger partial charge in [0.2, 0.25) is 5.91 Å². The lowest BCUT2D eigenvalue weighted by atomic mass is 10.2. The lowest BCUT2D eigenvalue weighted by Gasteiger charge is -2.15. The third-order valence-corrected chi connectivity index (χ3v) is 6.52. The minimum absolute atomic E-state index is 0.0327. The molecule has 0 aliphatic carbocycles. The maximum atomic E-state index is 12.9. The van der Waals surface area contributed by atoms with Gasteiger partial charge in [0.25, 0.3) is 10.0 Å². The first-order valence-corrected chi connectivity index (χ1v) is 10.6. The van der Waals surface area contributed by atoms with Crippen molar-refractivity contribution in [3.8, 4) is 11.5 Å². The first kappa shape index (κ1) is 20.9. The molecule has 11 heteroatoms. The highest BCUT2D eigenvalue weighted by atomic mass is 79.9. The Labute approximate surface area is 176 Å². The fourth-order valence-electron chi connectivity index (χ4n) is 2.78. The summed E-state index contributed by atoms with van der Waals surface area (Å²) >= 11 is 3.24. The van der Waals surface area contributed by atoms with E-state index in [2.05, 4.69) is 26.0 Å². The topological polar surface area (TPSA) is 114 Å². The standard InChI is InChI=1S/C18H18BrN3O6S/c1-27-14-7-13(19)16(8-15(14)28-2)29(25,26)21-12-5-3-4-11(6-12)10-22-17(23)9-20-18(22)24/h3-8,21H,9-10H2,1-2H3,(H,20,24). The van der Waals surface area contributed by atoms with Gasteiger partial charge in [-0.2, -0.15) is 0 Å². The second kappa shape index (κ2) is 8.29. The highest BCUT2D eigenvalue weighted by molar-refractivity contribution is 9.10. The Balaban J connectivity index is 1.86. The number of imide groups is 1. The van der Waals surface area contributed by atoms with Crippen LogP contribution in [0.25, 0.3) is 0 Å². The molecule has 9 nitrogen and oxygen atoms in total. The molecule has 3 amide bonds. The van der Waals surface area contributed by atoms with Crippen molar-refractivity contribution in [3.05, 3.63) is 46.4 Å². The van der Waals surface area contributed by atoms with Gasteiger partial charge in [-0.1, -0.05) is 12.1 Å². The molecule has 29 heavy (non-hydrogen) atoms.